The van der Waals surface area contributed by atoms with E-state index in [0.29, 0.717) is 6.54 Å². The lowest BCUT2D eigenvalue weighted by Gasteiger charge is -2.31. The van der Waals surface area contributed by atoms with Gasteiger partial charge in [-0.1, -0.05) is 0 Å². The third-order valence-electron chi connectivity index (χ3n) is 4.82. The Kier molecular flexibility index (Phi) is 5.50. The second-order valence-corrected chi connectivity index (χ2v) is 7.46. The third kappa shape index (κ3) is 4.09. The number of carbonyl (C=O) groups is 1. The van der Waals surface area contributed by atoms with Crippen LogP contribution in [-0.4, -0.2) is 43.2 Å². The lowest BCUT2D eigenvalue weighted by atomic mass is 9.95. The predicted molar refractivity (Wildman–Crippen MR) is 89.0 cm³/mol. The normalized spacial score (nSPS) is 23.8. The van der Waals surface area contributed by atoms with Gasteiger partial charge in [-0.2, -0.15) is 0 Å². The summed E-state index contributed by atoms with van der Waals surface area (Å²) in [5.74, 6) is 0.407. The smallest absolute Gasteiger partial charge is 0.223 e. The Bertz CT molecular complexity index is 489. The zero-order valence-corrected chi connectivity index (χ0v) is 14.2. The lowest BCUT2D eigenvalue weighted by molar-refractivity contribution is -0.127. The lowest BCUT2D eigenvalue weighted by Crippen LogP contribution is -2.42. The average Bonchev–Trinajstić information content (AvgIpc) is 3.18. The molecule has 3 heterocycles. The van der Waals surface area contributed by atoms with Gasteiger partial charge >= 0.3 is 0 Å². The number of piperidine rings is 1. The highest BCUT2D eigenvalue weighted by atomic mass is 32.1. The molecule has 1 aromatic rings. The minimum Gasteiger partial charge on any atom is -0.376 e. The number of nitrogens with zero attached hydrogens (tertiary/aromatic N) is 1. The third-order valence-corrected chi connectivity index (χ3v) is 5.83. The molecule has 0 radical (unpaired) electrons. The Hall–Kier alpha value is -0.910. The molecule has 0 aromatic carbocycles. The standard InChI is InChI=1S/C17H26N2O2S/c1-13-6-10-22-16(13)12-19-7-4-14(5-8-19)17(20)18-11-15-3-2-9-21-15/h6,10,14-15H,2-5,7-9,11-12H2,1H3,(H,18,20). The molecule has 0 aliphatic carbocycles. The minimum atomic E-state index is 0.182. The second-order valence-electron chi connectivity index (χ2n) is 6.46. The predicted octanol–water partition coefficient (Wildman–Crippen LogP) is 2.56. The first kappa shape index (κ1) is 16.0. The quantitative estimate of drug-likeness (QED) is 0.906. The Labute approximate surface area is 136 Å². The van der Waals surface area contributed by atoms with Crippen LogP contribution >= 0.6 is 11.3 Å². The largest absolute Gasteiger partial charge is 0.376 e. The Balaban J connectivity index is 1.39. The van der Waals surface area contributed by atoms with Gasteiger partial charge in [-0.3, -0.25) is 9.69 Å². The van der Waals surface area contributed by atoms with Crippen molar-refractivity contribution in [1.82, 2.24) is 10.2 Å². The zero-order valence-electron chi connectivity index (χ0n) is 13.3. The van der Waals surface area contributed by atoms with E-state index in [0.717, 1.165) is 51.9 Å². The van der Waals surface area contributed by atoms with Gasteiger partial charge < -0.3 is 10.1 Å². The summed E-state index contributed by atoms with van der Waals surface area (Å²) in [4.78, 5) is 16.2. The van der Waals surface area contributed by atoms with Crippen molar-refractivity contribution in [2.75, 3.05) is 26.2 Å². The van der Waals surface area contributed by atoms with Gasteiger partial charge in [0.2, 0.25) is 5.91 Å². The Morgan fingerprint density at radius 1 is 1.41 bits per heavy atom. The molecule has 0 saturated carbocycles. The van der Waals surface area contributed by atoms with Crippen molar-refractivity contribution in [2.45, 2.75) is 45.3 Å². The van der Waals surface area contributed by atoms with Gasteiger partial charge in [0.05, 0.1) is 6.10 Å². The molecule has 1 aromatic heterocycles. The summed E-state index contributed by atoms with van der Waals surface area (Å²) >= 11 is 1.84. The topological polar surface area (TPSA) is 41.6 Å². The van der Waals surface area contributed by atoms with Gasteiger partial charge in [-0.25, -0.2) is 0 Å². The molecule has 22 heavy (non-hydrogen) atoms. The molecular formula is C17H26N2O2S. The molecule has 2 fully saturated rings. The van der Waals surface area contributed by atoms with Gasteiger partial charge in [0, 0.05) is 30.5 Å². The number of hydrogen-bond acceptors (Lipinski definition) is 4. The van der Waals surface area contributed by atoms with Crippen LogP contribution in [0.4, 0.5) is 0 Å². The summed E-state index contributed by atoms with van der Waals surface area (Å²) in [7, 11) is 0. The van der Waals surface area contributed by atoms with Crippen LogP contribution in [0.3, 0.4) is 0 Å². The van der Waals surface area contributed by atoms with Gasteiger partial charge in [0.1, 0.15) is 0 Å². The van der Waals surface area contributed by atoms with Crippen molar-refractivity contribution >= 4 is 17.2 Å². The number of amides is 1. The van der Waals surface area contributed by atoms with Crippen molar-refractivity contribution in [3.05, 3.63) is 21.9 Å². The van der Waals surface area contributed by atoms with E-state index in [2.05, 4.69) is 28.6 Å². The van der Waals surface area contributed by atoms with Crippen molar-refractivity contribution in [3.63, 3.8) is 0 Å². The molecule has 1 atom stereocenters. The molecule has 2 saturated heterocycles. The Morgan fingerprint density at radius 2 is 2.23 bits per heavy atom. The number of thiophene rings is 1. The summed E-state index contributed by atoms with van der Waals surface area (Å²) in [6, 6.07) is 2.19. The van der Waals surface area contributed by atoms with Crippen molar-refractivity contribution in [2.24, 2.45) is 5.92 Å². The van der Waals surface area contributed by atoms with Crippen LogP contribution in [0.25, 0.3) is 0 Å². The second kappa shape index (κ2) is 7.57. The molecule has 1 N–H and O–H groups in total. The molecule has 2 aliphatic heterocycles. The van der Waals surface area contributed by atoms with E-state index >= 15 is 0 Å². The maximum Gasteiger partial charge on any atom is 0.223 e. The van der Waals surface area contributed by atoms with E-state index in [4.69, 9.17) is 4.74 Å². The summed E-state index contributed by atoms with van der Waals surface area (Å²) in [5, 5.41) is 5.25. The van der Waals surface area contributed by atoms with Gasteiger partial charge in [-0.05, 0) is 62.7 Å². The molecule has 1 amide bonds. The number of ether oxygens (including phenoxy) is 1. The summed E-state index contributed by atoms with van der Waals surface area (Å²) in [6.45, 7) is 6.80. The van der Waals surface area contributed by atoms with Crippen LogP contribution in [0.15, 0.2) is 11.4 Å². The summed E-state index contributed by atoms with van der Waals surface area (Å²) in [5.41, 5.74) is 1.39. The Morgan fingerprint density at radius 3 is 2.86 bits per heavy atom. The first-order valence-electron chi connectivity index (χ1n) is 8.37. The SMILES string of the molecule is Cc1ccsc1CN1CCC(C(=O)NCC2CCCO2)CC1. The van der Waals surface area contributed by atoms with Crippen LogP contribution in [0, 0.1) is 12.8 Å². The van der Waals surface area contributed by atoms with E-state index < -0.39 is 0 Å². The first-order valence-corrected chi connectivity index (χ1v) is 9.25. The molecule has 4 nitrogen and oxygen atoms in total. The van der Waals surface area contributed by atoms with Gasteiger partial charge in [-0.15, -0.1) is 11.3 Å². The summed E-state index contributed by atoms with van der Waals surface area (Å²) in [6.07, 6.45) is 4.40. The fraction of sp³-hybridized carbons (Fsp3) is 0.706. The van der Waals surface area contributed by atoms with E-state index in [9.17, 15) is 4.79 Å². The number of hydrogen-bond donors (Lipinski definition) is 1. The molecule has 2 aliphatic rings. The van der Waals surface area contributed by atoms with Crippen LogP contribution < -0.4 is 5.32 Å². The molecule has 0 bridgehead atoms. The number of aryl methyl sites for hydroxylation is 1. The molecule has 3 rings (SSSR count). The number of nitrogens with one attached hydrogen (secondary N) is 1. The molecule has 0 spiro atoms. The van der Waals surface area contributed by atoms with Crippen molar-refractivity contribution in [1.29, 1.82) is 0 Å². The zero-order chi connectivity index (χ0) is 15.4. The maximum absolute atomic E-state index is 12.2. The van der Waals surface area contributed by atoms with Gasteiger partial charge in [0.25, 0.3) is 0 Å². The van der Waals surface area contributed by atoms with Crippen molar-refractivity contribution in [3.8, 4) is 0 Å². The van der Waals surface area contributed by atoms with Gasteiger partial charge in [0.15, 0.2) is 0 Å². The summed E-state index contributed by atoms with van der Waals surface area (Å²) < 4.78 is 5.56. The maximum atomic E-state index is 12.2. The number of rotatable bonds is 5. The van der Waals surface area contributed by atoms with E-state index in [1.54, 1.807) is 0 Å². The van der Waals surface area contributed by atoms with Crippen LogP contribution in [0.1, 0.15) is 36.1 Å². The molecule has 122 valence electrons. The molecule has 1 unspecified atom stereocenters. The monoisotopic (exact) mass is 322 g/mol. The van der Waals surface area contributed by atoms with Crippen molar-refractivity contribution < 1.29 is 9.53 Å². The fourth-order valence-electron chi connectivity index (χ4n) is 3.29. The number of carbonyl (C=O) groups excluding carboxylic acids is 1. The average molecular weight is 322 g/mol. The number of likely N-dealkylation sites (tertiary alicyclic amines) is 1. The highest BCUT2D eigenvalue weighted by Gasteiger charge is 2.26. The fourth-order valence-corrected chi connectivity index (χ4v) is 4.23. The highest BCUT2D eigenvalue weighted by Crippen LogP contribution is 2.23. The van der Waals surface area contributed by atoms with E-state index in [-0.39, 0.29) is 17.9 Å². The molecular weight excluding hydrogens is 296 g/mol. The molecule has 5 heteroatoms. The van der Waals surface area contributed by atoms with E-state index in [1.165, 1.54) is 10.4 Å². The minimum absolute atomic E-state index is 0.182. The first-order chi connectivity index (χ1) is 10.7. The highest BCUT2D eigenvalue weighted by molar-refractivity contribution is 7.10. The van der Waals surface area contributed by atoms with E-state index in [1.807, 2.05) is 11.3 Å². The van der Waals surface area contributed by atoms with Crippen LogP contribution in [0.5, 0.6) is 0 Å². The van der Waals surface area contributed by atoms with Crippen LogP contribution in [-0.2, 0) is 16.1 Å². The van der Waals surface area contributed by atoms with Crippen LogP contribution in [0.2, 0.25) is 0 Å².